The second-order valence-electron chi connectivity index (χ2n) is 4.36. The molecule has 2 rings (SSSR count). The molecule has 0 aromatic heterocycles. The summed E-state index contributed by atoms with van der Waals surface area (Å²) < 4.78 is 13.6. The maximum atomic E-state index is 13.6. The van der Waals surface area contributed by atoms with Crippen LogP contribution in [-0.4, -0.2) is 10.8 Å². The Balaban J connectivity index is 2.33. The average molecular weight is 309 g/mol. The van der Waals surface area contributed by atoms with Gasteiger partial charge in [0.1, 0.15) is 5.82 Å². The Labute approximate surface area is 124 Å². The van der Waals surface area contributed by atoms with Gasteiger partial charge in [0.15, 0.2) is 0 Å². The number of hydrogen-bond acceptors (Lipinski definition) is 3. The van der Waals surface area contributed by atoms with Gasteiger partial charge in [-0.1, -0.05) is 23.2 Å². The van der Waals surface area contributed by atoms with Crippen molar-refractivity contribution in [3.8, 4) is 0 Å². The Morgan fingerprint density at radius 3 is 2.67 bits per heavy atom. The van der Waals surface area contributed by atoms with Crippen LogP contribution in [-0.2, 0) is 0 Å². The minimum Gasteiger partial charge on any atom is -0.320 e. The molecule has 21 heavy (non-hydrogen) atoms. The largest absolute Gasteiger partial charge is 0.320 e. The predicted octanol–water partition coefficient (Wildman–Crippen LogP) is 3.95. The van der Waals surface area contributed by atoms with Gasteiger partial charge in [-0.2, -0.15) is 0 Å². The van der Waals surface area contributed by atoms with E-state index in [1.807, 2.05) is 0 Å². The lowest BCUT2D eigenvalue weighted by atomic mass is 10.1. The number of carbonyl (C=O) groups excluding carboxylic acids is 1. The molecule has 1 N–H and O–H groups in total. The molecule has 2 aromatic rings. The predicted molar refractivity (Wildman–Crippen MR) is 77.2 cm³/mol. The lowest BCUT2D eigenvalue weighted by Crippen LogP contribution is -2.14. The van der Waals surface area contributed by atoms with E-state index < -0.39 is 16.6 Å². The Morgan fingerprint density at radius 2 is 2.00 bits per heavy atom. The van der Waals surface area contributed by atoms with Crippen LogP contribution in [0, 0.1) is 22.9 Å². The second kappa shape index (κ2) is 5.88. The van der Waals surface area contributed by atoms with Gasteiger partial charge in [0.05, 0.1) is 21.2 Å². The summed E-state index contributed by atoms with van der Waals surface area (Å²) in [6.07, 6.45) is 0. The van der Waals surface area contributed by atoms with Crippen LogP contribution in [0.4, 0.5) is 15.8 Å². The molecule has 7 heteroatoms. The number of hydrogen-bond donors (Lipinski definition) is 1. The number of nitro benzene ring substituents is 1. The lowest BCUT2D eigenvalue weighted by molar-refractivity contribution is -0.384. The zero-order chi connectivity index (χ0) is 15.6. The van der Waals surface area contributed by atoms with Crippen LogP contribution in [0.1, 0.15) is 15.9 Å². The summed E-state index contributed by atoms with van der Waals surface area (Å²) in [5.74, 6) is -1.40. The number of nitrogens with zero attached hydrogens (tertiary/aromatic N) is 1. The Kier molecular flexibility index (Phi) is 4.18. The van der Waals surface area contributed by atoms with Crippen LogP contribution in [0.3, 0.4) is 0 Å². The highest BCUT2D eigenvalue weighted by atomic mass is 35.5. The highest BCUT2D eigenvalue weighted by Crippen LogP contribution is 2.27. The molecule has 0 radical (unpaired) electrons. The summed E-state index contributed by atoms with van der Waals surface area (Å²) in [4.78, 5) is 22.1. The number of amides is 1. The van der Waals surface area contributed by atoms with Crippen molar-refractivity contribution in [2.24, 2.45) is 0 Å². The lowest BCUT2D eigenvalue weighted by Gasteiger charge is -2.08. The molecule has 5 nitrogen and oxygen atoms in total. The van der Waals surface area contributed by atoms with Crippen molar-refractivity contribution in [2.45, 2.75) is 6.92 Å². The maximum absolute atomic E-state index is 13.6. The quantitative estimate of drug-likeness (QED) is 0.689. The summed E-state index contributed by atoms with van der Waals surface area (Å²) >= 11 is 5.87. The van der Waals surface area contributed by atoms with Crippen molar-refractivity contribution >= 4 is 28.9 Å². The standard InChI is InChI=1S/C14H10ClFN2O3/c1-8-2-5-12(16)10(6-8)14(19)17-13-7-9(18(20)21)3-4-11(13)15/h2-7H,1H3,(H,17,19). The number of nitro groups is 1. The van der Waals surface area contributed by atoms with Gasteiger partial charge in [0.25, 0.3) is 11.6 Å². The third-order valence-corrected chi connectivity index (χ3v) is 3.11. The van der Waals surface area contributed by atoms with Crippen LogP contribution in [0.25, 0.3) is 0 Å². The zero-order valence-electron chi connectivity index (χ0n) is 10.9. The molecular formula is C14H10ClFN2O3. The first-order valence-corrected chi connectivity index (χ1v) is 6.27. The van der Waals surface area contributed by atoms with E-state index in [0.717, 1.165) is 6.07 Å². The first kappa shape index (κ1) is 14.9. The van der Waals surface area contributed by atoms with E-state index in [1.54, 1.807) is 6.92 Å². The Morgan fingerprint density at radius 1 is 1.29 bits per heavy atom. The molecule has 2 aromatic carbocycles. The molecule has 0 unspecified atom stereocenters. The molecular weight excluding hydrogens is 299 g/mol. The fraction of sp³-hybridized carbons (Fsp3) is 0.0714. The minimum atomic E-state index is -0.724. The monoisotopic (exact) mass is 308 g/mol. The normalized spacial score (nSPS) is 10.2. The maximum Gasteiger partial charge on any atom is 0.271 e. The highest BCUT2D eigenvalue weighted by Gasteiger charge is 2.16. The van der Waals surface area contributed by atoms with E-state index in [1.165, 1.54) is 30.3 Å². The number of anilines is 1. The van der Waals surface area contributed by atoms with Gasteiger partial charge in [-0.05, 0) is 25.1 Å². The fourth-order valence-corrected chi connectivity index (χ4v) is 1.89. The van der Waals surface area contributed by atoms with Crippen molar-refractivity contribution in [1.29, 1.82) is 0 Å². The number of aryl methyl sites for hydroxylation is 1. The zero-order valence-corrected chi connectivity index (χ0v) is 11.6. The van der Waals surface area contributed by atoms with Crippen LogP contribution in [0.15, 0.2) is 36.4 Å². The molecule has 0 heterocycles. The van der Waals surface area contributed by atoms with Gasteiger partial charge in [-0.25, -0.2) is 4.39 Å². The summed E-state index contributed by atoms with van der Waals surface area (Å²) in [6, 6.07) is 7.72. The van der Waals surface area contributed by atoms with Crippen molar-refractivity contribution < 1.29 is 14.1 Å². The molecule has 1 amide bonds. The number of nitrogens with one attached hydrogen (secondary N) is 1. The Bertz CT molecular complexity index is 734. The summed E-state index contributed by atoms with van der Waals surface area (Å²) in [7, 11) is 0. The van der Waals surface area contributed by atoms with Crippen LogP contribution < -0.4 is 5.32 Å². The first-order valence-electron chi connectivity index (χ1n) is 5.90. The summed E-state index contributed by atoms with van der Waals surface area (Å²) in [5, 5.41) is 13.2. The topological polar surface area (TPSA) is 72.2 Å². The third-order valence-electron chi connectivity index (χ3n) is 2.78. The molecule has 0 aliphatic rings. The molecule has 0 atom stereocenters. The molecule has 0 aliphatic heterocycles. The van der Waals surface area contributed by atoms with E-state index in [-0.39, 0.29) is 22.0 Å². The van der Waals surface area contributed by atoms with Crippen molar-refractivity contribution in [1.82, 2.24) is 0 Å². The number of carbonyl (C=O) groups is 1. The van der Waals surface area contributed by atoms with E-state index in [4.69, 9.17) is 11.6 Å². The molecule has 0 saturated heterocycles. The van der Waals surface area contributed by atoms with Gasteiger partial charge in [-0.3, -0.25) is 14.9 Å². The molecule has 0 fully saturated rings. The number of rotatable bonds is 3. The van der Waals surface area contributed by atoms with Gasteiger partial charge in [-0.15, -0.1) is 0 Å². The van der Waals surface area contributed by atoms with E-state index in [2.05, 4.69) is 5.32 Å². The second-order valence-corrected chi connectivity index (χ2v) is 4.77. The molecule has 0 aliphatic carbocycles. The molecule has 108 valence electrons. The van der Waals surface area contributed by atoms with Gasteiger partial charge >= 0.3 is 0 Å². The van der Waals surface area contributed by atoms with Crippen LogP contribution >= 0.6 is 11.6 Å². The van der Waals surface area contributed by atoms with Crippen LogP contribution in [0.2, 0.25) is 5.02 Å². The van der Waals surface area contributed by atoms with Crippen molar-refractivity contribution in [2.75, 3.05) is 5.32 Å². The van der Waals surface area contributed by atoms with Crippen LogP contribution in [0.5, 0.6) is 0 Å². The highest BCUT2D eigenvalue weighted by molar-refractivity contribution is 6.34. The molecule has 0 bridgehead atoms. The smallest absolute Gasteiger partial charge is 0.271 e. The SMILES string of the molecule is Cc1ccc(F)c(C(=O)Nc2cc([N+](=O)[O-])ccc2Cl)c1. The van der Waals surface area contributed by atoms with E-state index in [0.29, 0.717) is 5.56 Å². The van der Waals surface area contributed by atoms with E-state index >= 15 is 0 Å². The average Bonchev–Trinajstić information content (AvgIpc) is 2.43. The Hall–Kier alpha value is -2.47. The van der Waals surface area contributed by atoms with Gasteiger partial charge in [0, 0.05) is 12.1 Å². The fourth-order valence-electron chi connectivity index (χ4n) is 1.73. The van der Waals surface area contributed by atoms with Gasteiger partial charge in [0.2, 0.25) is 0 Å². The number of non-ortho nitro benzene ring substituents is 1. The number of halogens is 2. The van der Waals surface area contributed by atoms with Crippen molar-refractivity contribution in [3.05, 3.63) is 68.5 Å². The first-order chi connectivity index (χ1) is 9.88. The molecule has 0 saturated carbocycles. The number of benzene rings is 2. The van der Waals surface area contributed by atoms with E-state index in [9.17, 15) is 19.3 Å². The third kappa shape index (κ3) is 3.35. The minimum absolute atomic E-state index is 0.0526. The summed E-state index contributed by atoms with van der Waals surface area (Å²) in [5.41, 5.74) is 0.389. The molecule has 0 spiro atoms. The van der Waals surface area contributed by atoms with Crippen molar-refractivity contribution in [3.63, 3.8) is 0 Å². The summed E-state index contributed by atoms with van der Waals surface area (Å²) in [6.45, 7) is 1.72. The van der Waals surface area contributed by atoms with Gasteiger partial charge < -0.3 is 5.32 Å².